The van der Waals surface area contributed by atoms with Crippen LogP contribution in [0.3, 0.4) is 0 Å². The van der Waals surface area contributed by atoms with Crippen LogP contribution in [0.4, 0.5) is 0 Å². The van der Waals surface area contributed by atoms with Gasteiger partial charge in [0.15, 0.2) is 0 Å². The highest BCUT2D eigenvalue weighted by molar-refractivity contribution is 7.85. The van der Waals surface area contributed by atoms with E-state index in [9.17, 15) is 0 Å². The van der Waals surface area contributed by atoms with Crippen molar-refractivity contribution < 1.29 is 0 Å². The summed E-state index contributed by atoms with van der Waals surface area (Å²) in [6, 6.07) is 0. The highest BCUT2D eigenvalue weighted by atomic mass is 30.2. The van der Waals surface area contributed by atoms with Gasteiger partial charge in [0.25, 0.3) is 0 Å². The van der Waals surface area contributed by atoms with Gasteiger partial charge >= 0.3 is 0 Å². The van der Waals surface area contributed by atoms with Gasteiger partial charge in [-0.05, 0) is 68.4 Å². The Morgan fingerprint density at radius 3 is 1.88 bits per heavy atom. The smallest absolute Gasteiger partial charge is 0.00747 e. The third kappa shape index (κ3) is 3.04. The fourth-order valence-electron chi connectivity index (χ4n) is 1.48. The molecule has 0 amide bonds. The quantitative estimate of drug-likeness (QED) is 0.369. The molecule has 0 N–H and O–H groups in total. The van der Waals surface area contributed by atoms with Gasteiger partial charge in [-0.2, -0.15) is 0 Å². The Kier molecular flexibility index (Phi) is 4.44. The SMILES string of the molecule is [SiH3][SiH]1[SiH2][SiH2][SiH2][SiH2][SiH2][SiH2]1. The Labute approximate surface area is 68.3 Å². The van der Waals surface area contributed by atoms with Gasteiger partial charge < -0.3 is 0 Å². The van der Waals surface area contributed by atoms with E-state index in [2.05, 4.69) is 0 Å². The van der Waals surface area contributed by atoms with Crippen molar-refractivity contribution >= 4 is 68.4 Å². The lowest BCUT2D eigenvalue weighted by atomic mass is 26.1. The molecule has 0 nitrogen and oxygen atoms in total. The van der Waals surface area contributed by atoms with Gasteiger partial charge in [0, 0.05) is 0 Å². The summed E-state index contributed by atoms with van der Waals surface area (Å²) in [6.45, 7) is 0. The molecule has 48 valence electrons. The summed E-state index contributed by atoms with van der Waals surface area (Å²) in [7, 11) is 7.89. The Morgan fingerprint density at radius 1 is 0.875 bits per heavy atom. The van der Waals surface area contributed by atoms with Crippen LogP contribution >= 0.6 is 0 Å². The van der Waals surface area contributed by atoms with Crippen LogP contribution in [-0.4, -0.2) is 68.4 Å². The van der Waals surface area contributed by atoms with Gasteiger partial charge in [0.1, 0.15) is 0 Å². The van der Waals surface area contributed by atoms with E-state index in [1.165, 1.54) is 0 Å². The molecule has 0 bridgehead atoms. The van der Waals surface area contributed by atoms with Crippen LogP contribution in [0.5, 0.6) is 0 Å². The molecule has 8 heteroatoms. The molecule has 0 aromatic carbocycles. The maximum absolute atomic E-state index is 1.82. The fraction of sp³-hybridized carbons (Fsp3) is 0. The summed E-state index contributed by atoms with van der Waals surface area (Å²) >= 11 is 0. The van der Waals surface area contributed by atoms with Crippen LogP contribution < -0.4 is 0 Å². The summed E-state index contributed by atoms with van der Waals surface area (Å²) in [5, 5.41) is 0. The molecule has 0 aromatic heterocycles. The van der Waals surface area contributed by atoms with Crippen molar-refractivity contribution in [3.63, 3.8) is 0 Å². The first-order chi connectivity index (χ1) is 3.89. The summed E-state index contributed by atoms with van der Waals surface area (Å²) in [5.41, 5.74) is 0. The predicted molar refractivity (Wildman–Crippen MR) is 68.4 cm³/mol. The molecule has 0 aromatic rings. The lowest BCUT2D eigenvalue weighted by molar-refractivity contribution is 3.78. The van der Waals surface area contributed by atoms with E-state index in [0.29, 0.717) is 7.35 Å². The lowest BCUT2D eigenvalue weighted by Crippen LogP contribution is -2.35. The van der Waals surface area contributed by atoms with E-state index in [1.807, 2.05) is 9.76 Å². The molecule has 0 radical (unpaired) electrons. The monoisotopic (exact) mass is 240 g/mol. The van der Waals surface area contributed by atoms with Gasteiger partial charge in [0.05, 0.1) is 0 Å². The van der Waals surface area contributed by atoms with E-state index in [4.69, 9.17) is 0 Å². The van der Waals surface area contributed by atoms with Gasteiger partial charge in [-0.1, -0.05) is 0 Å². The Morgan fingerprint density at radius 2 is 1.38 bits per heavy atom. The predicted octanol–water partition coefficient (Wildman–Crippen LogP) is -7.33. The second kappa shape index (κ2) is 4.54. The number of hydrogen-bond acceptors (Lipinski definition) is 0. The first-order valence-corrected chi connectivity index (χ1v) is 35.0. The van der Waals surface area contributed by atoms with E-state index >= 15 is 0 Å². The number of hydrogen-bond donors (Lipinski definition) is 0. The molecule has 0 unspecified atom stereocenters. The van der Waals surface area contributed by atoms with Crippen LogP contribution in [0.25, 0.3) is 0 Å². The van der Waals surface area contributed by atoms with Crippen LogP contribution in [-0.2, 0) is 0 Å². The number of rotatable bonds is 0. The minimum atomic E-state index is 0.470. The third-order valence-corrected chi connectivity index (χ3v) is 174. The minimum Gasteiger partial charge on any atom is -0.0115 e. The molecular weight excluding hydrogens is 225 g/mol. The van der Waals surface area contributed by atoms with Crippen LogP contribution in [0.2, 0.25) is 0 Å². The highest BCUT2D eigenvalue weighted by Gasteiger charge is 2.09. The molecule has 1 fully saturated rings. The first-order valence-electron chi connectivity index (χ1n) is 3.89. The van der Waals surface area contributed by atoms with Crippen molar-refractivity contribution in [1.82, 2.24) is 0 Å². The fourth-order valence-corrected chi connectivity index (χ4v) is 360. The summed E-state index contributed by atoms with van der Waals surface area (Å²) < 4.78 is 0. The van der Waals surface area contributed by atoms with Crippen molar-refractivity contribution in [1.29, 1.82) is 0 Å². The maximum atomic E-state index is 1.82. The second-order valence-corrected chi connectivity index (χ2v) is 83.6. The minimum absolute atomic E-state index is 0.470. The van der Waals surface area contributed by atoms with Crippen molar-refractivity contribution in [3.8, 4) is 0 Å². The zero-order chi connectivity index (χ0) is 5.82. The topological polar surface area (TPSA) is 0 Å². The summed E-state index contributed by atoms with van der Waals surface area (Å²) in [6.07, 6.45) is 0. The zero-order valence-electron chi connectivity index (χ0n) is 5.82. The molecular formula is H16Si8. The molecule has 0 atom stereocenters. The van der Waals surface area contributed by atoms with Gasteiger partial charge in [-0.15, -0.1) is 0 Å². The molecule has 1 aliphatic rings. The lowest BCUT2D eigenvalue weighted by Gasteiger charge is -1.98. The van der Waals surface area contributed by atoms with Crippen molar-refractivity contribution in [2.75, 3.05) is 0 Å². The average molecular weight is 241 g/mol. The van der Waals surface area contributed by atoms with E-state index in [1.54, 1.807) is 0 Å². The molecule has 0 aliphatic carbocycles. The van der Waals surface area contributed by atoms with Crippen molar-refractivity contribution in [2.45, 2.75) is 0 Å². The zero-order valence-corrected chi connectivity index (χ0v) is 17.5. The molecule has 1 rings (SSSR count). The Hall–Kier alpha value is 1.74. The maximum Gasteiger partial charge on any atom is -0.00747 e. The van der Waals surface area contributed by atoms with Crippen molar-refractivity contribution in [2.24, 2.45) is 0 Å². The molecule has 0 saturated carbocycles. The van der Waals surface area contributed by atoms with E-state index in [0.717, 1.165) is 51.3 Å². The first kappa shape index (κ1) is 7.84. The second-order valence-electron chi connectivity index (χ2n) is 3.10. The molecule has 8 heavy (non-hydrogen) atoms. The molecule has 1 saturated heterocycles. The molecule has 1 heterocycles. The Bertz CT molecular complexity index is 49.1. The average Bonchev–Trinajstić information content (AvgIpc) is 1.94. The normalized spacial score (nSPS) is 50.2. The van der Waals surface area contributed by atoms with Gasteiger partial charge in [-0.25, -0.2) is 0 Å². The van der Waals surface area contributed by atoms with Gasteiger partial charge in [-0.3, -0.25) is 0 Å². The van der Waals surface area contributed by atoms with Gasteiger partial charge in [0.2, 0.25) is 0 Å². The molecule has 1 aliphatic heterocycles. The van der Waals surface area contributed by atoms with Crippen LogP contribution in [0.1, 0.15) is 0 Å². The largest absolute Gasteiger partial charge is 0.0115 e. The summed E-state index contributed by atoms with van der Waals surface area (Å²) in [5.74, 6) is 0. The third-order valence-electron chi connectivity index (χ3n) is 2.14. The van der Waals surface area contributed by atoms with E-state index < -0.39 is 0 Å². The van der Waals surface area contributed by atoms with E-state index in [-0.39, 0.29) is 0 Å². The Balaban J connectivity index is 2.17. The van der Waals surface area contributed by atoms with Crippen LogP contribution in [0, 0.1) is 0 Å². The summed E-state index contributed by atoms with van der Waals surface area (Å²) in [4.78, 5) is 0. The molecule has 0 spiro atoms. The van der Waals surface area contributed by atoms with Crippen molar-refractivity contribution in [3.05, 3.63) is 0 Å². The highest BCUT2D eigenvalue weighted by Crippen LogP contribution is 1.71. The van der Waals surface area contributed by atoms with Crippen LogP contribution in [0.15, 0.2) is 0 Å². The standard InChI is InChI=1S/H16Si8/c1-8-6-4-2-3-5-7-8/h8H,2-7H2,1H3.